The van der Waals surface area contributed by atoms with Gasteiger partial charge in [0.15, 0.2) is 5.65 Å². The lowest BCUT2D eigenvalue weighted by Crippen LogP contribution is -2.10. The number of thiazole rings is 1. The fraction of sp³-hybridized carbons (Fsp3) is 0.364. The van der Waals surface area contributed by atoms with E-state index in [9.17, 15) is 4.79 Å². The van der Waals surface area contributed by atoms with Crippen molar-refractivity contribution in [3.63, 3.8) is 0 Å². The van der Waals surface area contributed by atoms with E-state index in [0.717, 1.165) is 15.7 Å². The molecule has 0 saturated carbocycles. The van der Waals surface area contributed by atoms with Gasteiger partial charge in [-0.25, -0.2) is 5.10 Å². The smallest absolute Gasteiger partial charge is 0.288 e. The zero-order chi connectivity index (χ0) is 13.3. The number of fused-ring (bicyclic) bond motifs is 3. The van der Waals surface area contributed by atoms with Crippen LogP contribution in [-0.2, 0) is 7.05 Å². The van der Waals surface area contributed by atoms with Crippen LogP contribution >= 0.6 is 11.3 Å². The van der Waals surface area contributed by atoms with Gasteiger partial charge in [-0.05, 0) is 0 Å². The largest absolute Gasteiger partial charge is 0.473 e. The first-order chi connectivity index (χ1) is 8.72. The van der Waals surface area contributed by atoms with Crippen LogP contribution in [0.1, 0.15) is 13.8 Å². The molecule has 3 rings (SSSR count). The molecule has 0 atom stereocenters. The molecular weight excluding hydrogens is 252 g/mol. The summed E-state index contributed by atoms with van der Waals surface area (Å²) in [5.74, 6) is 0. The van der Waals surface area contributed by atoms with E-state index >= 15 is 0 Å². The third-order valence-corrected chi connectivity index (χ3v) is 3.53. The van der Waals surface area contributed by atoms with Crippen molar-refractivity contribution in [3.8, 4) is 5.19 Å². The van der Waals surface area contributed by atoms with Gasteiger partial charge in [0.05, 0.1) is 18.0 Å². The van der Waals surface area contributed by atoms with Crippen LogP contribution in [0.4, 0.5) is 0 Å². The van der Waals surface area contributed by atoms with Gasteiger partial charge in [-0.2, -0.15) is 10.1 Å². The summed E-state index contributed by atoms with van der Waals surface area (Å²) >= 11 is 1.41. The Bertz CT molecular complexity index is 740. The molecule has 0 aliphatic carbocycles. The number of rotatable bonds is 1. The summed E-state index contributed by atoms with van der Waals surface area (Å²) in [7, 11) is 3.38. The first-order valence-electron chi connectivity index (χ1n) is 5.59. The van der Waals surface area contributed by atoms with Gasteiger partial charge in [-0.1, -0.05) is 25.2 Å². The highest BCUT2D eigenvalue weighted by Crippen LogP contribution is 2.33. The number of nitrogens with zero attached hydrogens (tertiary/aromatic N) is 3. The Morgan fingerprint density at radius 2 is 2.17 bits per heavy atom. The fourth-order valence-electron chi connectivity index (χ4n) is 1.78. The Kier molecular flexibility index (Phi) is 3.33. The number of hydrogen-bond acceptors (Lipinski definition) is 5. The number of nitrogens with one attached hydrogen (secondary N) is 1. The molecule has 3 aromatic rings. The second-order valence-electron chi connectivity index (χ2n) is 3.36. The molecule has 96 valence electrons. The van der Waals surface area contributed by atoms with Crippen LogP contribution < -0.4 is 10.3 Å². The normalized spacial score (nSPS) is 10.4. The molecule has 3 heterocycles. The second kappa shape index (κ2) is 4.77. The van der Waals surface area contributed by atoms with Gasteiger partial charge in [0.2, 0.25) is 0 Å². The monoisotopic (exact) mass is 266 g/mol. The second-order valence-corrected chi connectivity index (χ2v) is 4.32. The fourth-order valence-corrected chi connectivity index (χ4v) is 2.70. The molecule has 0 saturated heterocycles. The van der Waals surface area contributed by atoms with E-state index < -0.39 is 0 Å². The van der Waals surface area contributed by atoms with Gasteiger partial charge in [0.25, 0.3) is 10.8 Å². The van der Waals surface area contributed by atoms with Crippen LogP contribution in [0.5, 0.6) is 5.19 Å². The molecule has 0 amide bonds. The Balaban J connectivity index is 0.000000574. The zero-order valence-electron chi connectivity index (χ0n) is 10.6. The number of aromatic amines is 1. The van der Waals surface area contributed by atoms with Crippen molar-refractivity contribution in [2.75, 3.05) is 7.11 Å². The lowest BCUT2D eigenvalue weighted by molar-refractivity contribution is 0.412. The molecule has 0 fully saturated rings. The van der Waals surface area contributed by atoms with Crippen LogP contribution in [0, 0.1) is 0 Å². The van der Waals surface area contributed by atoms with Crippen molar-refractivity contribution in [1.82, 2.24) is 19.7 Å². The summed E-state index contributed by atoms with van der Waals surface area (Å²) < 4.78 is 7.76. The van der Waals surface area contributed by atoms with Crippen LogP contribution in [0.25, 0.3) is 21.3 Å². The molecule has 3 aromatic heterocycles. The average Bonchev–Trinajstić information content (AvgIpc) is 2.93. The van der Waals surface area contributed by atoms with Crippen molar-refractivity contribution in [3.05, 3.63) is 16.6 Å². The van der Waals surface area contributed by atoms with Crippen molar-refractivity contribution >= 4 is 32.6 Å². The molecule has 0 aliphatic heterocycles. The summed E-state index contributed by atoms with van der Waals surface area (Å²) in [6.07, 6.45) is 1.64. The van der Waals surface area contributed by atoms with E-state index in [0.29, 0.717) is 10.7 Å². The van der Waals surface area contributed by atoms with Gasteiger partial charge in [0.1, 0.15) is 5.52 Å². The van der Waals surface area contributed by atoms with Crippen molar-refractivity contribution in [1.29, 1.82) is 0 Å². The van der Waals surface area contributed by atoms with Crippen LogP contribution in [0.15, 0.2) is 11.0 Å². The van der Waals surface area contributed by atoms with Crippen LogP contribution in [-0.4, -0.2) is 26.9 Å². The Morgan fingerprint density at radius 3 is 2.83 bits per heavy atom. The highest BCUT2D eigenvalue weighted by atomic mass is 32.1. The molecule has 0 radical (unpaired) electrons. The van der Waals surface area contributed by atoms with Gasteiger partial charge in [-0.15, -0.1) is 0 Å². The lowest BCUT2D eigenvalue weighted by Gasteiger charge is -1.94. The predicted octanol–water partition coefficient (Wildman–Crippen LogP) is 1.91. The van der Waals surface area contributed by atoms with Crippen molar-refractivity contribution in [2.24, 2.45) is 7.05 Å². The van der Waals surface area contributed by atoms with Crippen molar-refractivity contribution in [2.45, 2.75) is 13.8 Å². The number of aryl methyl sites for hydroxylation is 1. The van der Waals surface area contributed by atoms with E-state index in [1.165, 1.54) is 11.3 Å². The maximum atomic E-state index is 11.6. The third kappa shape index (κ3) is 1.67. The minimum absolute atomic E-state index is 0.204. The highest BCUT2D eigenvalue weighted by Gasteiger charge is 2.16. The summed E-state index contributed by atoms with van der Waals surface area (Å²) in [4.78, 5) is 15.9. The highest BCUT2D eigenvalue weighted by molar-refractivity contribution is 7.21. The molecule has 0 spiro atoms. The Labute approximate surface area is 107 Å². The topological polar surface area (TPSA) is 72.8 Å². The summed E-state index contributed by atoms with van der Waals surface area (Å²) in [5, 5.41) is 7.61. The van der Waals surface area contributed by atoms with E-state index in [4.69, 9.17) is 4.74 Å². The lowest BCUT2D eigenvalue weighted by atomic mass is 10.4. The zero-order valence-corrected chi connectivity index (χ0v) is 11.5. The van der Waals surface area contributed by atoms with Gasteiger partial charge in [-0.3, -0.25) is 4.79 Å². The number of methoxy groups -OCH3 is 1. The van der Waals surface area contributed by atoms with Gasteiger partial charge in [0, 0.05) is 12.4 Å². The quantitative estimate of drug-likeness (QED) is 0.730. The minimum Gasteiger partial charge on any atom is -0.473 e. The summed E-state index contributed by atoms with van der Waals surface area (Å²) in [5.41, 5.74) is 1.13. The van der Waals surface area contributed by atoms with E-state index in [1.807, 2.05) is 13.8 Å². The van der Waals surface area contributed by atoms with E-state index in [-0.39, 0.29) is 5.56 Å². The Hall–Kier alpha value is -1.89. The standard InChI is InChI=1S/C9H8N4O2S.C2H6/c1-13-5-4(3-10-12-8(5)14)6-7(13)11-9(15-2)16-6;1-2/h3H,1-2H3,(H,12,14);1-2H3. The van der Waals surface area contributed by atoms with E-state index in [1.54, 1.807) is 24.9 Å². The number of aromatic nitrogens is 4. The molecule has 0 bridgehead atoms. The van der Waals surface area contributed by atoms with Crippen LogP contribution in [0.2, 0.25) is 0 Å². The van der Waals surface area contributed by atoms with E-state index in [2.05, 4.69) is 15.2 Å². The minimum atomic E-state index is -0.204. The van der Waals surface area contributed by atoms with Gasteiger partial charge < -0.3 is 9.30 Å². The maximum Gasteiger partial charge on any atom is 0.288 e. The number of H-pyrrole nitrogens is 1. The predicted molar refractivity (Wildman–Crippen MR) is 72.4 cm³/mol. The number of ether oxygens (including phenoxy) is 1. The maximum absolute atomic E-state index is 11.6. The van der Waals surface area contributed by atoms with Gasteiger partial charge >= 0.3 is 0 Å². The molecule has 18 heavy (non-hydrogen) atoms. The SMILES string of the molecule is CC.COc1nc2c(s1)c1cn[nH]c(=O)c1n2C. The molecule has 7 heteroatoms. The molecule has 0 aromatic carbocycles. The molecule has 6 nitrogen and oxygen atoms in total. The summed E-state index contributed by atoms with van der Waals surface area (Å²) in [6, 6.07) is 0. The van der Waals surface area contributed by atoms with Crippen molar-refractivity contribution < 1.29 is 4.74 Å². The molecular formula is C11H14N4O2S. The molecule has 0 aliphatic rings. The van der Waals surface area contributed by atoms with Crippen LogP contribution in [0.3, 0.4) is 0 Å². The molecule has 0 unspecified atom stereocenters. The first-order valence-corrected chi connectivity index (χ1v) is 6.40. The molecule has 1 N–H and O–H groups in total. The Morgan fingerprint density at radius 1 is 1.44 bits per heavy atom. The number of hydrogen-bond donors (Lipinski definition) is 1. The first kappa shape index (κ1) is 12.6. The average molecular weight is 266 g/mol. The third-order valence-electron chi connectivity index (χ3n) is 2.49. The summed E-state index contributed by atoms with van der Waals surface area (Å²) in [6.45, 7) is 4.00.